The lowest BCUT2D eigenvalue weighted by atomic mass is 9.84. The van der Waals surface area contributed by atoms with Crippen LogP contribution in [0.2, 0.25) is 0 Å². The summed E-state index contributed by atoms with van der Waals surface area (Å²) in [5, 5.41) is 17.2. The number of hydrogen-bond donors (Lipinski definition) is 3. The molecule has 3 fully saturated rings. The lowest BCUT2D eigenvalue weighted by Crippen LogP contribution is -2.60. The summed E-state index contributed by atoms with van der Waals surface area (Å²) < 4.78 is 25.3. The SMILES string of the molecule is CCn1c(-c2cc(N3CCN4CCOC[C@@H]4C3)cnc2[C@H](C)OC)c(CC(C)(C)COC(C)=O)c2cc(-c3csc(C[C@H](NC(=O)OC(C)(C)C)C(=O)N4CCC[C@@H](C(=O)O)N4)n3)ccc21. The Balaban J connectivity index is 1.29. The Morgan fingerprint density at radius 1 is 1.09 bits per heavy atom. The number of amides is 2. The molecule has 4 aromatic rings. The number of alkyl carbamates (subject to hydrolysis) is 1. The first kappa shape index (κ1) is 48.8. The van der Waals surface area contributed by atoms with Crippen molar-refractivity contribution >= 4 is 51.9 Å². The number of hydrogen-bond acceptors (Lipinski definition) is 14. The van der Waals surface area contributed by atoms with Gasteiger partial charge in [0.15, 0.2) is 0 Å². The van der Waals surface area contributed by atoms with Crippen molar-refractivity contribution < 1.29 is 43.2 Å². The van der Waals surface area contributed by atoms with Crippen LogP contribution in [0.4, 0.5) is 10.5 Å². The van der Waals surface area contributed by atoms with Gasteiger partial charge >= 0.3 is 18.0 Å². The van der Waals surface area contributed by atoms with Crippen molar-refractivity contribution in [2.75, 3.05) is 64.6 Å². The van der Waals surface area contributed by atoms with Gasteiger partial charge in [0.25, 0.3) is 5.91 Å². The van der Waals surface area contributed by atoms with Gasteiger partial charge in [0.1, 0.15) is 17.7 Å². The van der Waals surface area contributed by atoms with Crippen molar-refractivity contribution in [3.63, 3.8) is 0 Å². The van der Waals surface area contributed by atoms with Gasteiger partial charge in [-0.3, -0.25) is 29.3 Å². The van der Waals surface area contributed by atoms with E-state index in [0.717, 1.165) is 77.5 Å². The van der Waals surface area contributed by atoms with E-state index < -0.39 is 41.1 Å². The summed E-state index contributed by atoms with van der Waals surface area (Å²) in [5.41, 5.74) is 9.08. The smallest absolute Gasteiger partial charge is 0.408 e. The molecule has 6 heterocycles. The summed E-state index contributed by atoms with van der Waals surface area (Å²) in [6.45, 7) is 21.3. The molecule has 3 aliphatic rings. The Morgan fingerprint density at radius 2 is 1.88 bits per heavy atom. The third-order valence-corrected chi connectivity index (χ3v) is 13.3. The molecule has 0 unspecified atom stereocenters. The third-order valence-electron chi connectivity index (χ3n) is 12.5. The summed E-state index contributed by atoms with van der Waals surface area (Å²) in [6.07, 6.45) is 2.39. The molecule has 3 N–H and O–H groups in total. The Bertz CT molecular complexity index is 2410. The van der Waals surface area contributed by atoms with Crippen LogP contribution in [0.1, 0.15) is 90.6 Å². The number of morpholine rings is 1. The predicted molar refractivity (Wildman–Crippen MR) is 252 cm³/mol. The van der Waals surface area contributed by atoms with Gasteiger partial charge in [-0.25, -0.2) is 15.2 Å². The minimum Gasteiger partial charge on any atom is -0.480 e. The van der Waals surface area contributed by atoms with E-state index in [0.29, 0.717) is 49.2 Å². The largest absolute Gasteiger partial charge is 0.480 e. The van der Waals surface area contributed by atoms with Crippen molar-refractivity contribution in [1.29, 1.82) is 0 Å². The van der Waals surface area contributed by atoms with Gasteiger partial charge < -0.3 is 38.8 Å². The van der Waals surface area contributed by atoms with Gasteiger partial charge in [-0.05, 0) is 77.6 Å². The molecule has 0 saturated carbocycles. The average Bonchev–Trinajstić information content (AvgIpc) is 3.88. The van der Waals surface area contributed by atoms with Crippen LogP contribution in [0.15, 0.2) is 35.8 Å². The molecule has 17 nitrogen and oxygen atoms in total. The van der Waals surface area contributed by atoms with E-state index in [1.54, 1.807) is 27.9 Å². The number of fused-ring (bicyclic) bond motifs is 2. The number of piperazine rings is 1. The highest BCUT2D eigenvalue weighted by molar-refractivity contribution is 7.10. The number of aromatic nitrogens is 3. The zero-order valence-electron chi connectivity index (χ0n) is 39.8. The molecule has 2 amide bonds. The van der Waals surface area contributed by atoms with Gasteiger partial charge in [-0.2, -0.15) is 0 Å². The molecule has 4 atom stereocenters. The molecule has 0 spiro atoms. The number of benzene rings is 1. The molecule has 3 saturated heterocycles. The van der Waals surface area contributed by atoms with Gasteiger partial charge in [0, 0.05) is 92.5 Å². The molecule has 0 aliphatic carbocycles. The second kappa shape index (κ2) is 20.4. The number of rotatable bonds is 15. The van der Waals surface area contributed by atoms with Crippen molar-refractivity contribution in [3.8, 4) is 22.5 Å². The number of ether oxygens (including phenoxy) is 4. The van der Waals surface area contributed by atoms with Crippen LogP contribution >= 0.6 is 11.3 Å². The number of esters is 1. The number of aryl methyl sites for hydroxylation is 1. The normalized spacial score (nSPS) is 19.3. The molecule has 3 aromatic heterocycles. The summed E-state index contributed by atoms with van der Waals surface area (Å²) in [7, 11) is 1.70. The summed E-state index contributed by atoms with van der Waals surface area (Å²) in [5.74, 6) is -1.87. The fourth-order valence-electron chi connectivity index (χ4n) is 9.14. The quantitative estimate of drug-likeness (QED) is 0.114. The number of methoxy groups -OCH3 is 1. The highest BCUT2D eigenvalue weighted by Gasteiger charge is 2.35. The number of carbonyl (C=O) groups excluding carboxylic acids is 3. The average molecular weight is 931 g/mol. The van der Waals surface area contributed by atoms with Crippen molar-refractivity contribution in [2.24, 2.45) is 5.41 Å². The van der Waals surface area contributed by atoms with Crippen LogP contribution in [0, 0.1) is 5.41 Å². The zero-order chi connectivity index (χ0) is 47.5. The Kier molecular flexibility index (Phi) is 15.1. The monoisotopic (exact) mass is 930 g/mol. The number of carbonyl (C=O) groups is 4. The van der Waals surface area contributed by atoms with E-state index in [-0.39, 0.29) is 31.6 Å². The molecule has 0 radical (unpaired) electrons. The van der Waals surface area contributed by atoms with Crippen LogP contribution in [0.5, 0.6) is 0 Å². The van der Waals surface area contributed by atoms with Crippen molar-refractivity contribution in [3.05, 3.63) is 52.1 Å². The minimum atomic E-state index is -1.08. The number of aliphatic carboxylic acids is 1. The molecular formula is C48H66N8O9S. The molecule has 0 bridgehead atoms. The fourth-order valence-corrected chi connectivity index (χ4v) is 9.99. The van der Waals surface area contributed by atoms with Crippen LogP contribution < -0.4 is 15.6 Å². The summed E-state index contributed by atoms with van der Waals surface area (Å²) in [6, 6.07) is 6.90. The number of carboxylic acid groups (broad SMARTS) is 1. The maximum absolute atomic E-state index is 14.0. The Hall–Kier alpha value is -5.14. The van der Waals surface area contributed by atoms with E-state index >= 15 is 0 Å². The van der Waals surface area contributed by atoms with E-state index in [4.69, 9.17) is 28.9 Å². The number of pyridine rings is 1. The summed E-state index contributed by atoms with van der Waals surface area (Å²) in [4.78, 5) is 66.1. The number of nitrogens with one attached hydrogen (secondary N) is 2. The first-order chi connectivity index (χ1) is 31.3. The van der Waals surface area contributed by atoms with Gasteiger partial charge in [-0.15, -0.1) is 11.3 Å². The standard InChI is InChI=1S/C48H66N8O9S/c1-10-55-40-14-13-31(39-27-66-41(50-39)22-38(51-46(61)65-47(4,5)6)44(58)56-15-11-12-37(52-56)45(59)60)20-34(40)36(23-48(7,8)28-64-30(3)57)43(55)35-21-32(24-49-42(35)29(2)62-9)54-17-16-53-18-19-63-26-33(53)25-54/h13-14,20-21,24,27,29,33,37-38,52H,10-12,15-19,22-23,25-26,28H2,1-9H3,(H,51,61)(H,59,60)/t29-,33-,37-,38-/m0/s1. The fraction of sp³-hybridized carbons (Fsp3) is 0.583. The predicted octanol–water partition coefficient (Wildman–Crippen LogP) is 6.22. The Morgan fingerprint density at radius 3 is 2.59 bits per heavy atom. The number of carboxylic acids is 1. The highest BCUT2D eigenvalue weighted by atomic mass is 32.1. The number of anilines is 1. The van der Waals surface area contributed by atoms with Crippen LogP contribution in [-0.4, -0.2) is 137 Å². The maximum atomic E-state index is 14.0. The van der Waals surface area contributed by atoms with Crippen LogP contribution in [-0.2, 0) is 52.7 Å². The molecular weight excluding hydrogens is 865 g/mol. The second-order valence-electron chi connectivity index (χ2n) is 19.3. The van der Waals surface area contributed by atoms with Crippen LogP contribution in [0.3, 0.4) is 0 Å². The Labute approximate surface area is 391 Å². The van der Waals surface area contributed by atoms with Gasteiger partial charge in [0.05, 0.1) is 65.9 Å². The molecule has 18 heteroatoms. The zero-order valence-corrected chi connectivity index (χ0v) is 40.6. The molecule has 3 aliphatic heterocycles. The number of thiazole rings is 1. The van der Waals surface area contributed by atoms with E-state index in [1.807, 2.05) is 18.5 Å². The van der Waals surface area contributed by atoms with Crippen molar-refractivity contribution in [2.45, 2.75) is 117 Å². The summed E-state index contributed by atoms with van der Waals surface area (Å²) >= 11 is 1.37. The first-order valence-corrected chi connectivity index (χ1v) is 23.9. The van der Waals surface area contributed by atoms with Gasteiger partial charge in [-0.1, -0.05) is 19.9 Å². The second-order valence-corrected chi connectivity index (χ2v) is 20.3. The van der Waals surface area contributed by atoms with E-state index in [2.05, 4.69) is 70.1 Å². The topological polar surface area (TPSA) is 190 Å². The first-order valence-electron chi connectivity index (χ1n) is 23.0. The maximum Gasteiger partial charge on any atom is 0.408 e. The van der Waals surface area contributed by atoms with E-state index in [1.165, 1.54) is 23.3 Å². The highest BCUT2D eigenvalue weighted by Crippen LogP contribution is 2.43. The molecule has 7 rings (SSSR count). The number of hydrazine groups is 1. The molecule has 358 valence electrons. The lowest BCUT2D eigenvalue weighted by molar-refractivity contribution is -0.148. The molecule has 1 aromatic carbocycles. The van der Waals surface area contributed by atoms with E-state index in [9.17, 15) is 24.3 Å². The minimum absolute atomic E-state index is 0.0550. The van der Waals surface area contributed by atoms with Crippen LogP contribution in [0.25, 0.3) is 33.4 Å². The van der Waals surface area contributed by atoms with Gasteiger partial charge in [0.2, 0.25) is 0 Å². The third kappa shape index (κ3) is 11.3. The molecule has 66 heavy (non-hydrogen) atoms. The lowest BCUT2D eigenvalue weighted by Gasteiger charge is -2.44. The number of nitrogens with zero attached hydrogens (tertiary/aromatic N) is 6. The van der Waals surface area contributed by atoms with Crippen molar-refractivity contribution in [1.82, 2.24) is 35.2 Å².